The maximum atomic E-state index is 9.74. The third-order valence-corrected chi connectivity index (χ3v) is 5.09. The molecule has 0 fully saturated rings. The van der Waals surface area contributed by atoms with Gasteiger partial charge in [-0.05, 0) is 50.8 Å². The number of rotatable bonds is 7. The van der Waals surface area contributed by atoms with Gasteiger partial charge < -0.3 is 19.8 Å². The lowest BCUT2D eigenvalue weighted by atomic mass is 9.92. The van der Waals surface area contributed by atoms with Crippen LogP contribution in [0.15, 0.2) is 30.9 Å². The number of nitrogens with zero attached hydrogens (tertiary/aromatic N) is 1. The van der Waals surface area contributed by atoms with Gasteiger partial charge in [0, 0.05) is 42.0 Å². The minimum absolute atomic E-state index is 0.255. The molecular formula is C23H34N2O2. The van der Waals surface area contributed by atoms with Crippen LogP contribution in [-0.4, -0.2) is 32.2 Å². The van der Waals surface area contributed by atoms with Crippen molar-refractivity contribution in [2.45, 2.75) is 53.0 Å². The first-order valence-corrected chi connectivity index (χ1v) is 9.69. The van der Waals surface area contributed by atoms with Gasteiger partial charge in [0.25, 0.3) is 0 Å². The number of carbonyl (C=O) groups is 1. The quantitative estimate of drug-likeness (QED) is 0.402. The van der Waals surface area contributed by atoms with E-state index in [4.69, 9.17) is 10.1 Å². The Kier molecular flexibility index (Phi) is 9.55. The molecule has 0 spiro atoms. The van der Waals surface area contributed by atoms with Crippen LogP contribution in [0.1, 0.15) is 51.7 Å². The van der Waals surface area contributed by atoms with Gasteiger partial charge in [0.1, 0.15) is 18.6 Å². The van der Waals surface area contributed by atoms with E-state index in [2.05, 4.69) is 37.6 Å². The first-order valence-electron chi connectivity index (χ1n) is 9.69. The van der Waals surface area contributed by atoms with Gasteiger partial charge in [-0.15, -0.1) is 0 Å². The first-order chi connectivity index (χ1) is 12.9. The number of anilines is 1. The second-order valence-corrected chi connectivity index (χ2v) is 6.95. The smallest absolute Gasteiger partial charge is 0.132 e. The Morgan fingerprint density at radius 2 is 2.19 bits per heavy atom. The van der Waals surface area contributed by atoms with Crippen molar-refractivity contribution in [1.29, 1.82) is 5.41 Å². The predicted molar refractivity (Wildman–Crippen MR) is 116 cm³/mol. The van der Waals surface area contributed by atoms with E-state index in [1.807, 2.05) is 26.8 Å². The van der Waals surface area contributed by atoms with E-state index in [9.17, 15) is 4.79 Å². The Morgan fingerprint density at radius 3 is 2.67 bits per heavy atom. The predicted octanol–water partition coefficient (Wildman–Crippen LogP) is 5.31. The first kappa shape index (κ1) is 22.7. The zero-order valence-electron chi connectivity index (χ0n) is 17.4. The summed E-state index contributed by atoms with van der Waals surface area (Å²) in [6.07, 6.45) is 9.16. The number of aldehydes is 1. The summed E-state index contributed by atoms with van der Waals surface area (Å²) in [6.45, 7) is 12.3. The average molecular weight is 371 g/mol. The van der Waals surface area contributed by atoms with Crippen LogP contribution in [0.2, 0.25) is 0 Å². The monoisotopic (exact) mass is 370 g/mol. The van der Waals surface area contributed by atoms with Crippen molar-refractivity contribution in [3.8, 4) is 5.75 Å². The van der Waals surface area contributed by atoms with Gasteiger partial charge in [-0.2, -0.15) is 0 Å². The lowest BCUT2D eigenvalue weighted by molar-refractivity contribution is -0.110. The van der Waals surface area contributed by atoms with E-state index in [1.54, 1.807) is 6.08 Å². The minimum atomic E-state index is 0.255. The maximum Gasteiger partial charge on any atom is 0.132 e. The largest absolute Gasteiger partial charge is 0.489 e. The van der Waals surface area contributed by atoms with E-state index in [1.165, 1.54) is 17.5 Å². The molecule has 0 saturated carbocycles. The number of hydrogen-bond acceptors (Lipinski definition) is 4. The standard InChI is InChI=1S/C18H24N2O.C5H10O/c1-5-11-21-18-15(14(6-2)12-19)9-10-17-16(18)8-7-13(3)20(17)4;1-3-5(2)4-6/h5-6,9-10,12-13,19H,1,7-8,11H2,2-4H3;4-5H,3H2,1-2H3/b14-6+,19-12?;. The van der Waals surface area contributed by atoms with Crippen LogP contribution in [-0.2, 0) is 11.2 Å². The van der Waals surface area contributed by atoms with E-state index < -0.39 is 0 Å². The molecule has 0 aromatic heterocycles. The van der Waals surface area contributed by atoms with E-state index >= 15 is 0 Å². The van der Waals surface area contributed by atoms with Crippen LogP contribution in [0.5, 0.6) is 5.75 Å². The molecule has 2 atom stereocenters. The second-order valence-electron chi connectivity index (χ2n) is 6.95. The number of hydrogen-bond donors (Lipinski definition) is 1. The lowest BCUT2D eigenvalue weighted by Crippen LogP contribution is -2.33. The average Bonchev–Trinajstić information content (AvgIpc) is 2.70. The normalized spacial score (nSPS) is 17.1. The highest BCUT2D eigenvalue weighted by Gasteiger charge is 2.25. The number of fused-ring (bicyclic) bond motifs is 1. The van der Waals surface area contributed by atoms with Crippen LogP contribution >= 0.6 is 0 Å². The molecule has 1 aromatic carbocycles. The minimum Gasteiger partial charge on any atom is -0.489 e. The second kappa shape index (κ2) is 11.4. The fourth-order valence-corrected chi connectivity index (χ4v) is 2.92. The summed E-state index contributed by atoms with van der Waals surface area (Å²) in [5.41, 5.74) is 4.36. The summed E-state index contributed by atoms with van der Waals surface area (Å²) >= 11 is 0. The van der Waals surface area contributed by atoms with E-state index in [0.29, 0.717) is 12.6 Å². The van der Waals surface area contributed by atoms with Crippen molar-refractivity contribution in [3.05, 3.63) is 42.0 Å². The highest BCUT2D eigenvalue weighted by atomic mass is 16.5. The Hall–Kier alpha value is -2.36. The lowest BCUT2D eigenvalue weighted by Gasteiger charge is -2.35. The van der Waals surface area contributed by atoms with Gasteiger partial charge in [-0.25, -0.2) is 0 Å². The molecule has 1 aromatic rings. The van der Waals surface area contributed by atoms with Crippen molar-refractivity contribution in [2.24, 2.45) is 5.92 Å². The van der Waals surface area contributed by atoms with Gasteiger partial charge in [0.15, 0.2) is 0 Å². The highest BCUT2D eigenvalue weighted by molar-refractivity contribution is 6.09. The summed E-state index contributed by atoms with van der Waals surface area (Å²) in [7, 11) is 2.13. The fourth-order valence-electron chi connectivity index (χ4n) is 2.92. The maximum absolute atomic E-state index is 9.74. The third-order valence-electron chi connectivity index (χ3n) is 5.09. The van der Waals surface area contributed by atoms with Gasteiger partial charge in [0.2, 0.25) is 0 Å². The molecule has 2 unspecified atom stereocenters. The summed E-state index contributed by atoms with van der Waals surface area (Å²) in [5.74, 6) is 1.16. The molecular weight excluding hydrogens is 336 g/mol. The zero-order chi connectivity index (χ0) is 20.4. The molecule has 0 bridgehead atoms. The van der Waals surface area contributed by atoms with Gasteiger partial charge in [-0.3, -0.25) is 0 Å². The number of carbonyl (C=O) groups excluding carboxylic acids is 1. The van der Waals surface area contributed by atoms with Crippen molar-refractivity contribution in [3.63, 3.8) is 0 Å². The molecule has 0 aliphatic carbocycles. The molecule has 27 heavy (non-hydrogen) atoms. The van der Waals surface area contributed by atoms with E-state index in [-0.39, 0.29) is 5.92 Å². The van der Waals surface area contributed by atoms with Gasteiger partial charge >= 0.3 is 0 Å². The third kappa shape index (κ3) is 5.81. The molecule has 2 rings (SSSR count). The molecule has 4 heteroatoms. The van der Waals surface area contributed by atoms with Crippen molar-refractivity contribution in [2.75, 3.05) is 18.6 Å². The molecule has 1 aliphatic rings. The molecule has 1 N–H and O–H groups in total. The molecule has 0 amide bonds. The number of nitrogens with one attached hydrogen (secondary N) is 1. The van der Waals surface area contributed by atoms with Crippen LogP contribution in [0, 0.1) is 11.3 Å². The molecule has 4 nitrogen and oxygen atoms in total. The summed E-state index contributed by atoms with van der Waals surface area (Å²) in [6, 6.07) is 4.75. The summed E-state index contributed by atoms with van der Waals surface area (Å²) in [5, 5.41) is 7.60. The topological polar surface area (TPSA) is 53.4 Å². The van der Waals surface area contributed by atoms with Crippen LogP contribution < -0.4 is 9.64 Å². The number of allylic oxidation sites excluding steroid dienone is 2. The van der Waals surface area contributed by atoms with Gasteiger partial charge in [-0.1, -0.05) is 32.6 Å². The summed E-state index contributed by atoms with van der Waals surface area (Å²) < 4.78 is 5.96. The van der Waals surface area contributed by atoms with Crippen LogP contribution in [0.3, 0.4) is 0 Å². The van der Waals surface area contributed by atoms with Crippen LogP contribution in [0.25, 0.3) is 5.57 Å². The van der Waals surface area contributed by atoms with Gasteiger partial charge in [0.05, 0.1) is 0 Å². The Balaban J connectivity index is 0.000000527. The number of benzene rings is 1. The molecule has 148 valence electrons. The van der Waals surface area contributed by atoms with Crippen molar-refractivity contribution in [1.82, 2.24) is 0 Å². The Morgan fingerprint density at radius 1 is 1.48 bits per heavy atom. The fraction of sp³-hybridized carbons (Fsp3) is 0.478. The molecule has 0 saturated heterocycles. The highest BCUT2D eigenvalue weighted by Crippen LogP contribution is 2.40. The summed E-state index contributed by atoms with van der Waals surface area (Å²) in [4.78, 5) is 12.0. The van der Waals surface area contributed by atoms with Crippen molar-refractivity contribution < 1.29 is 9.53 Å². The molecule has 1 aliphatic heterocycles. The molecule has 1 heterocycles. The van der Waals surface area contributed by atoms with E-state index in [0.717, 1.165) is 42.4 Å². The van der Waals surface area contributed by atoms with Crippen LogP contribution in [0.4, 0.5) is 5.69 Å². The van der Waals surface area contributed by atoms with Crippen molar-refractivity contribution >= 4 is 23.8 Å². The molecule has 0 radical (unpaired) electrons. The number of ether oxygens (including phenoxy) is 1. The Bertz CT molecular complexity index is 679. The SMILES string of the molecule is C=CCOc1c(/C(C=N)=C/C)ccc2c1CCC(C)N2C.CCC(C)C=O. The zero-order valence-corrected chi connectivity index (χ0v) is 17.4. The Labute approximate surface area is 164 Å².